The second kappa shape index (κ2) is 4.78. The lowest BCUT2D eigenvalue weighted by Gasteiger charge is -2.13. The van der Waals surface area contributed by atoms with Crippen LogP contribution in [0, 0.1) is 6.92 Å². The van der Waals surface area contributed by atoms with Crippen molar-refractivity contribution in [1.82, 2.24) is 9.38 Å². The van der Waals surface area contributed by atoms with E-state index in [1.807, 2.05) is 17.7 Å². The molecule has 0 unspecified atom stereocenters. The molecule has 0 aliphatic heterocycles. The maximum atomic E-state index is 4.80. The molecule has 0 aliphatic rings. The van der Waals surface area contributed by atoms with Gasteiger partial charge in [0.15, 0.2) is 5.52 Å². The number of pyridine rings is 1. The SMILES string of the molecule is Cc1ccc2c3ccccc3n3c2c1c1c2c(cc4ccsc4c23)nc[n+]1C. The third-order valence-electron chi connectivity index (χ3n) is 6.16. The second-order valence-corrected chi connectivity index (χ2v) is 8.58. The third-order valence-corrected chi connectivity index (χ3v) is 7.10. The summed E-state index contributed by atoms with van der Waals surface area (Å²) in [5.74, 6) is 0. The molecule has 4 heterocycles. The molecule has 0 aliphatic carbocycles. The molecule has 7 rings (SSSR count). The van der Waals surface area contributed by atoms with Crippen molar-refractivity contribution >= 4 is 70.6 Å². The average molecular weight is 378 g/mol. The molecule has 3 aromatic carbocycles. The van der Waals surface area contributed by atoms with Crippen LogP contribution in [0.15, 0.2) is 60.2 Å². The normalized spacial score (nSPS) is 12.6. The maximum Gasteiger partial charge on any atom is 0.287 e. The highest BCUT2D eigenvalue weighted by molar-refractivity contribution is 7.18. The number of nitrogens with zero attached hydrogens (tertiary/aromatic N) is 3. The molecule has 0 radical (unpaired) electrons. The van der Waals surface area contributed by atoms with Gasteiger partial charge in [-0.25, -0.2) is 4.57 Å². The van der Waals surface area contributed by atoms with Crippen LogP contribution in [0.3, 0.4) is 0 Å². The molecule has 3 nitrogen and oxygen atoms in total. The minimum atomic E-state index is 1.06. The molecule has 4 heteroatoms. The summed E-state index contributed by atoms with van der Waals surface area (Å²) in [5.41, 5.74) is 7.51. The Labute approximate surface area is 164 Å². The number of aryl methyl sites for hydroxylation is 2. The summed E-state index contributed by atoms with van der Waals surface area (Å²) in [5, 5.41) is 8.66. The Bertz CT molecular complexity index is 1730. The zero-order valence-electron chi connectivity index (χ0n) is 15.5. The number of thiophene rings is 1. The Kier molecular flexibility index (Phi) is 2.52. The molecule has 0 N–H and O–H groups in total. The lowest BCUT2D eigenvalue weighted by Crippen LogP contribution is -2.30. The van der Waals surface area contributed by atoms with E-state index in [1.165, 1.54) is 59.3 Å². The van der Waals surface area contributed by atoms with Crippen LogP contribution in [0.25, 0.3) is 59.2 Å². The molecule has 7 aromatic rings. The molecule has 4 aromatic heterocycles. The van der Waals surface area contributed by atoms with E-state index < -0.39 is 0 Å². The molecule has 0 bridgehead atoms. The molecule has 0 fully saturated rings. The monoisotopic (exact) mass is 378 g/mol. The largest absolute Gasteiger partial charge is 0.306 e. The van der Waals surface area contributed by atoms with Gasteiger partial charge in [0.2, 0.25) is 0 Å². The van der Waals surface area contributed by atoms with Crippen LogP contribution < -0.4 is 4.57 Å². The Morgan fingerprint density at radius 2 is 1.86 bits per heavy atom. The molecule has 0 spiro atoms. The zero-order valence-corrected chi connectivity index (χ0v) is 16.3. The molecule has 0 saturated carbocycles. The first-order chi connectivity index (χ1) is 13.7. The van der Waals surface area contributed by atoms with E-state index in [9.17, 15) is 0 Å². The number of rotatable bonds is 0. The quantitative estimate of drug-likeness (QED) is 0.187. The Morgan fingerprint density at radius 3 is 2.79 bits per heavy atom. The fourth-order valence-corrected chi connectivity index (χ4v) is 5.92. The highest BCUT2D eigenvalue weighted by Gasteiger charge is 2.25. The fraction of sp³-hybridized carbons (Fsp3) is 0.0833. The topological polar surface area (TPSA) is 21.2 Å². The summed E-state index contributed by atoms with van der Waals surface area (Å²) in [6.45, 7) is 2.22. The van der Waals surface area contributed by atoms with Crippen molar-refractivity contribution in [2.75, 3.05) is 0 Å². The van der Waals surface area contributed by atoms with Crippen LogP contribution in [0.5, 0.6) is 0 Å². The van der Waals surface area contributed by atoms with E-state index in [0.29, 0.717) is 0 Å². The highest BCUT2D eigenvalue weighted by Crippen LogP contribution is 2.43. The summed E-state index contributed by atoms with van der Waals surface area (Å²) < 4.78 is 6.01. The maximum absolute atomic E-state index is 4.80. The Hall–Kier alpha value is -3.24. The van der Waals surface area contributed by atoms with Crippen LogP contribution in [-0.2, 0) is 7.05 Å². The van der Waals surface area contributed by atoms with Gasteiger partial charge in [-0.15, -0.1) is 11.3 Å². The standard InChI is InChI=1S/C24H16N3S/c1-13-7-8-16-15-5-3-4-6-18(15)27-21(16)19(13)22-20-17(25-12-26(22)2)11-14-9-10-28-24(14)23(20)27/h3-12H,1-2H3/q+1. The van der Waals surface area contributed by atoms with E-state index in [4.69, 9.17) is 4.98 Å². The van der Waals surface area contributed by atoms with Gasteiger partial charge < -0.3 is 4.40 Å². The van der Waals surface area contributed by atoms with Gasteiger partial charge in [0, 0.05) is 16.2 Å². The predicted octanol–water partition coefficient (Wildman–Crippen LogP) is 5.73. The van der Waals surface area contributed by atoms with Gasteiger partial charge in [0.05, 0.1) is 33.7 Å². The van der Waals surface area contributed by atoms with Gasteiger partial charge in [0.25, 0.3) is 6.33 Å². The number of fused-ring (bicyclic) bond motifs is 7. The molecule has 0 amide bonds. The fourth-order valence-electron chi connectivity index (χ4n) is 5.00. The Balaban J connectivity index is 2.06. The molecular weight excluding hydrogens is 362 g/mol. The summed E-state index contributed by atoms with van der Waals surface area (Å²) in [7, 11) is 2.11. The van der Waals surface area contributed by atoms with Gasteiger partial charge in [-0.2, -0.15) is 0 Å². The van der Waals surface area contributed by atoms with Crippen LogP contribution >= 0.6 is 11.3 Å². The van der Waals surface area contributed by atoms with Crippen molar-refractivity contribution in [3.05, 3.63) is 65.8 Å². The molecular formula is C24H16N3S+. The van der Waals surface area contributed by atoms with Gasteiger partial charge in [-0.3, -0.25) is 0 Å². The lowest BCUT2D eigenvalue weighted by molar-refractivity contribution is -0.646. The second-order valence-electron chi connectivity index (χ2n) is 7.67. The first-order valence-corrected chi connectivity index (χ1v) is 10.3. The van der Waals surface area contributed by atoms with Crippen molar-refractivity contribution in [3.8, 4) is 0 Å². The van der Waals surface area contributed by atoms with Gasteiger partial charge >= 0.3 is 0 Å². The van der Waals surface area contributed by atoms with Gasteiger partial charge in [0.1, 0.15) is 5.52 Å². The van der Waals surface area contributed by atoms with Crippen molar-refractivity contribution in [2.45, 2.75) is 6.92 Å². The zero-order chi connectivity index (χ0) is 18.6. The van der Waals surface area contributed by atoms with E-state index in [2.05, 4.69) is 76.9 Å². The van der Waals surface area contributed by atoms with Crippen LogP contribution in [0.1, 0.15) is 5.56 Å². The average Bonchev–Trinajstić information content (AvgIpc) is 3.31. The van der Waals surface area contributed by atoms with E-state index in [-0.39, 0.29) is 0 Å². The molecule has 28 heavy (non-hydrogen) atoms. The van der Waals surface area contributed by atoms with Gasteiger partial charge in [-0.1, -0.05) is 30.3 Å². The summed E-state index contributed by atoms with van der Waals surface area (Å²) in [6, 6.07) is 17.8. The van der Waals surface area contributed by atoms with E-state index in [0.717, 1.165) is 5.52 Å². The van der Waals surface area contributed by atoms with Crippen molar-refractivity contribution in [2.24, 2.45) is 7.05 Å². The molecule has 132 valence electrons. The summed E-state index contributed by atoms with van der Waals surface area (Å²) in [6.07, 6.45) is 1.95. The summed E-state index contributed by atoms with van der Waals surface area (Å²) in [4.78, 5) is 4.80. The highest BCUT2D eigenvalue weighted by atomic mass is 32.1. The number of para-hydroxylation sites is 1. The summed E-state index contributed by atoms with van der Waals surface area (Å²) >= 11 is 1.82. The minimum absolute atomic E-state index is 1.06. The minimum Gasteiger partial charge on any atom is -0.306 e. The Morgan fingerprint density at radius 1 is 0.964 bits per heavy atom. The van der Waals surface area contributed by atoms with Crippen molar-refractivity contribution in [3.63, 3.8) is 0 Å². The van der Waals surface area contributed by atoms with E-state index >= 15 is 0 Å². The number of hydrogen-bond acceptors (Lipinski definition) is 2. The van der Waals surface area contributed by atoms with Crippen molar-refractivity contribution in [1.29, 1.82) is 0 Å². The predicted molar refractivity (Wildman–Crippen MR) is 118 cm³/mol. The third kappa shape index (κ3) is 1.54. The lowest BCUT2D eigenvalue weighted by atomic mass is 10.0. The molecule has 0 atom stereocenters. The number of hydrogen-bond donors (Lipinski definition) is 0. The number of aromatic nitrogens is 3. The first kappa shape index (κ1) is 14.8. The first-order valence-electron chi connectivity index (χ1n) is 9.46. The van der Waals surface area contributed by atoms with E-state index in [1.54, 1.807) is 0 Å². The van der Waals surface area contributed by atoms with Crippen molar-refractivity contribution < 1.29 is 4.57 Å². The van der Waals surface area contributed by atoms with Crippen LogP contribution in [-0.4, -0.2) is 9.38 Å². The van der Waals surface area contributed by atoms with Crippen LogP contribution in [0.4, 0.5) is 0 Å². The number of benzene rings is 3. The smallest absolute Gasteiger partial charge is 0.287 e. The van der Waals surface area contributed by atoms with Gasteiger partial charge in [-0.05, 0) is 46.4 Å². The van der Waals surface area contributed by atoms with Crippen LogP contribution in [0.2, 0.25) is 0 Å². The molecule has 0 saturated heterocycles.